The number of carbonyl (C=O) groups is 2. The zero-order valence-electron chi connectivity index (χ0n) is 26.0. The Kier molecular flexibility index (Phi) is 6.57. The van der Waals surface area contributed by atoms with Crippen molar-refractivity contribution in [2.75, 3.05) is 7.11 Å². The Balaban J connectivity index is 1.70. The van der Waals surface area contributed by atoms with Crippen LogP contribution in [0.5, 0.6) is 0 Å². The molecule has 5 aliphatic rings. The summed E-state index contributed by atoms with van der Waals surface area (Å²) in [5, 5.41) is 0. The third-order valence-corrected chi connectivity index (χ3v) is 13.1. The van der Waals surface area contributed by atoms with Gasteiger partial charge in [0.2, 0.25) is 0 Å². The summed E-state index contributed by atoms with van der Waals surface area (Å²) in [5.74, 6) is -1.30. The summed E-state index contributed by atoms with van der Waals surface area (Å²) in [6.07, 6.45) is 2.93. The van der Waals surface area contributed by atoms with Crippen LogP contribution in [0.15, 0.2) is 12.2 Å². The topological polar surface area (TPSA) is 80.3 Å². The van der Waals surface area contributed by atoms with E-state index in [2.05, 4.69) is 65.5 Å². The van der Waals surface area contributed by atoms with Crippen LogP contribution in [0.2, 0.25) is 58.9 Å². The Bertz CT molecular complexity index is 1090. The van der Waals surface area contributed by atoms with Crippen LogP contribution in [0.25, 0.3) is 0 Å². The Morgan fingerprint density at radius 1 is 1.00 bits per heavy atom. The molecule has 1 heterocycles. The first-order valence-electron chi connectivity index (χ1n) is 14.7. The molecule has 9 atom stereocenters. The van der Waals surface area contributed by atoms with Gasteiger partial charge in [-0.15, -0.1) is 0 Å². The zero-order valence-corrected chi connectivity index (χ0v) is 29.0. The molecule has 1 saturated heterocycles. The molecule has 4 saturated carbocycles. The second kappa shape index (κ2) is 8.63. The predicted octanol–water partition coefficient (Wildman–Crippen LogP) is 5.89. The lowest BCUT2D eigenvalue weighted by atomic mass is 9.58. The molecular weight excluding hydrogens is 545 g/mol. The molecule has 7 nitrogen and oxygen atoms in total. The van der Waals surface area contributed by atoms with Gasteiger partial charge in [-0.05, 0) is 103 Å². The molecule has 5 fully saturated rings. The standard InChI is InChI=1S/C29H50O7Si3/c1-18-15-27-17-28(18,36-39(10,11)12)14-13-20(27)29-16-19(34-37(4,5)6)23(35-38(7,8)9)26(2,25(31)33-29)22(29)21(27)24(30)32-3/h19-23H,1,13-17H2,2-12H3/t19-,20?,21?,22?,23+,26?,27+,28+,29-/m1/s1. The molecule has 4 aliphatic carbocycles. The van der Waals surface area contributed by atoms with Crippen LogP contribution in [0.3, 0.4) is 0 Å². The van der Waals surface area contributed by atoms with E-state index in [0.29, 0.717) is 12.8 Å². The molecule has 0 N–H and O–H groups in total. The first-order valence-corrected chi connectivity index (χ1v) is 24.9. The van der Waals surface area contributed by atoms with Crippen LogP contribution in [-0.4, -0.2) is 67.4 Å². The summed E-state index contributed by atoms with van der Waals surface area (Å²) in [4.78, 5) is 28.1. The van der Waals surface area contributed by atoms with Crippen molar-refractivity contribution >= 4 is 36.9 Å². The highest BCUT2D eigenvalue weighted by molar-refractivity contribution is 6.70. The maximum Gasteiger partial charge on any atom is 0.315 e. The Labute approximate surface area is 238 Å². The van der Waals surface area contributed by atoms with Gasteiger partial charge >= 0.3 is 11.9 Å². The van der Waals surface area contributed by atoms with Gasteiger partial charge < -0.3 is 22.8 Å². The Morgan fingerprint density at radius 3 is 2.15 bits per heavy atom. The van der Waals surface area contributed by atoms with Crippen molar-refractivity contribution in [2.24, 2.45) is 28.6 Å². The van der Waals surface area contributed by atoms with Crippen LogP contribution in [0.4, 0.5) is 0 Å². The van der Waals surface area contributed by atoms with Crippen molar-refractivity contribution in [1.29, 1.82) is 0 Å². The summed E-state index contributed by atoms with van der Waals surface area (Å²) in [5.41, 5.74) is -1.56. The molecule has 5 rings (SSSR count). The smallest absolute Gasteiger partial charge is 0.315 e. The third kappa shape index (κ3) is 4.25. The van der Waals surface area contributed by atoms with Gasteiger partial charge in [-0.1, -0.05) is 6.58 Å². The first-order chi connectivity index (χ1) is 17.6. The van der Waals surface area contributed by atoms with Gasteiger partial charge in [0.15, 0.2) is 25.0 Å². The molecule has 0 amide bonds. The molecule has 4 unspecified atom stereocenters. The third-order valence-electron chi connectivity index (χ3n) is 10.2. The molecule has 10 heteroatoms. The van der Waals surface area contributed by atoms with E-state index >= 15 is 0 Å². The van der Waals surface area contributed by atoms with Crippen LogP contribution in [0.1, 0.15) is 39.0 Å². The minimum atomic E-state index is -2.11. The summed E-state index contributed by atoms with van der Waals surface area (Å²) < 4.78 is 32.9. The number of esters is 2. The monoisotopic (exact) mass is 594 g/mol. The predicted molar refractivity (Wildman–Crippen MR) is 158 cm³/mol. The number of ether oxygens (including phenoxy) is 2. The Morgan fingerprint density at radius 2 is 1.62 bits per heavy atom. The zero-order chi connectivity index (χ0) is 29.2. The maximum atomic E-state index is 14.1. The highest BCUT2D eigenvalue weighted by Crippen LogP contribution is 2.79. The molecule has 4 bridgehead atoms. The van der Waals surface area contributed by atoms with Gasteiger partial charge in [0.1, 0.15) is 5.60 Å². The average Bonchev–Trinajstić information content (AvgIpc) is 3.17. The van der Waals surface area contributed by atoms with Crippen LogP contribution >= 0.6 is 0 Å². The van der Waals surface area contributed by atoms with Crippen molar-refractivity contribution in [2.45, 2.75) is 121 Å². The molecule has 0 aromatic heterocycles. The molecule has 1 spiro atoms. The fraction of sp³-hybridized carbons (Fsp3) is 0.862. The van der Waals surface area contributed by atoms with E-state index in [4.69, 9.17) is 22.8 Å². The van der Waals surface area contributed by atoms with E-state index < -0.39 is 59.0 Å². The van der Waals surface area contributed by atoms with Crippen LogP contribution < -0.4 is 0 Å². The number of hydrogen-bond acceptors (Lipinski definition) is 7. The average molecular weight is 595 g/mol. The highest BCUT2D eigenvalue weighted by atomic mass is 28.4. The van der Waals surface area contributed by atoms with Gasteiger partial charge in [0.05, 0.1) is 36.3 Å². The fourth-order valence-electron chi connectivity index (χ4n) is 9.64. The quantitative estimate of drug-likeness (QED) is 0.207. The largest absolute Gasteiger partial charge is 0.469 e. The Hall–Kier alpha value is -0.789. The number of fused-ring (bicyclic) bond motifs is 1. The fourth-order valence-corrected chi connectivity index (χ4v) is 13.4. The number of methoxy groups -OCH3 is 1. The number of rotatable bonds is 7. The van der Waals surface area contributed by atoms with Crippen LogP contribution in [-0.2, 0) is 32.3 Å². The van der Waals surface area contributed by atoms with Crippen molar-refractivity contribution in [3.05, 3.63) is 12.2 Å². The van der Waals surface area contributed by atoms with Crippen molar-refractivity contribution in [3.63, 3.8) is 0 Å². The normalized spacial score (nSPS) is 45.2. The molecule has 0 radical (unpaired) electrons. The second-order valence-electron chi connectivity index (χ2n) is 16.2. The van der Waals surface area contributed by atoms with Crippen molar-refractivity contribution < 1.29 is 32.3 Å². The molecule has 0 aromatic rings. The summed E-state index contributed by atoms with van der Waals surface area (Å²) >= 11 is 0. The van der Waals surface area contributed by atoms with E-state index in [9.17, 15) is 9.59 Å². The molecule has 220 valence electrons. The van der Waals surface area contributed by atoms with Gasteiger partial charge in [0.25, 0.3) is 0 Å². The lowest BCUT2D eigenvalue weighted by Gasteiger charge is -2.52. The minimum Gasteiger partial charge on any atom is -0.469 e. The lowest BCUT2D eigenvalue weighted by molar-refractivity contribution is -0.165. The summed E-state index contributed by atoms with van der Waals surface area (Å²) in [7, 11) is -4.55. The molecule has 0 aromatic carbocycles. The van der Waals surface area contributed by atoms with E-state index in [1.807, 2.05) is 6.92 Å². The highest BCUT2D eigenvalue weighted by Gasteiger charge is 2.86. The minimum absolute atomic E-state index is 0.0167. The second-order valence-corrected chi connectivity index (χ2v) is 29.6. The SMILES string of the molecule is C=C1C[C@]23C[C@@]1(O[Si](C)(C)C)CCC2[C@@]12C[C@@H](O[Si](C)(C)C)[C@H](O[Si](C)(C)C)C(C)(C(=O)O1)C2C3C(=O)OC. The van der Waals surface area contributed by atoms with E-state index in [1.165, 1.54) is 7.11 Å². The van der Waals surface area contributed by atoms with Gasteiger partial charge in [0, 0.05) is 18.3 Å². The van der Waals surface area contributed by atoms with E-state index in [0.717, 1.165) is 24.8 Å². The summed E-state index contributed by atoms with van der Waals surface area (Å²) in [6.45, 7) is 26.2. The maximum absolute atomic E-state index is 14.1. The van der Waals surface area contributed by atoms with Gasteiger partial charge in [-0.3, -0.25) is 9.59 Å². The first kappa shape index (κ1) is 29.7. The van der Waals surface area contributed by atoms with E-state index in [-0.39, 0.29) is 29.9 Å². The number of carbonyl (C=O) groups excluding carboxylic acids is 2. The molecule has 39 heavy (non-hydrogen) atoms. The van der Waals surface area contributed by atoms with E-state index in [1.54, 1.807) is 0 Å². The lowest BCUT2D eigenvalue weighted by Crippen LogP contribution is -2.63. The van der Waals surface area contributed by atoms with Gasteiger partial charge in [-0.2, -0.15) is 0 Å². The van der Waals surface area contributed by atoms with Crippen molar-refractivity contribution in [3.8, 4) is 0 Å². The number of hydrogen-bond donors (Lipinski definition) is 0. The summed E-state index contributed by atoms with van der Waals surface area (Å²) in [6, 6.07) is 0. The van der Waals surface area contributed by atoms with Gasteiger partial charge in [-0.25, -0.2) is 0 Å². The molecular formula is C29H50O7Si3. The van der Waals surface area contributed by atoms with Crippen molar-refractivity contribution in [1.82, 2.24) is 0 Å². The molecule has 1 aliphatic heterocycles. The van der Waals surface area contributed by atoms with Crippen LogP contribution in [0, 0.1) is 28.6 Å².